The van der Waals surface area contributed by atoms with Gasteiger partial charge in [0.25, 0.3) is 0 Å². The number of nitrogens with two attached hydrogens (primary N) is 2. The van der Waals surface area contributed by atoms with Gasteiger partial charge in [-0.15, -0.1) is 0 Å². The summed E-state index contributed by atoms with van der Waals surface area (Å²) in [6.07, 6.45) is 1.59. The minimum Gasteiger partial charge on any atom is -0.508 e. The molecule has 0 aliphatic rings. The molecule has 0 fully saturated rings. The van der Waals surface area contributed by atoms with Crippen LogP contribution in [0.15, 0.2) is 109 Å². The van der Waals surface area contributed by atoms with Crippen LogP contribution in [0, 0.1) is 5.92 Å². The molecule has 0 radical (unpaired) electrons. The third kappa shape index (κ3) is 17.4. The Hall–Kier alpha value is -8.77. The zero-order valence-electron chi connectivity index (χ0n) is 43.5. The fourth-order valence-corrected chi connectivity index (χ4v) is 8.81. The molecule has 79 heavy (non-hydrogen) atoms. The highest BCUT2D eigenvalue weighted by molar-refractivity contribution is 7.80. The summed E-state index contributed by atoms with van der Waals surface area (Å²) in [6.45, 7) is 3.49. The first-order chi connectivity index (χ1) is 37.8. The first-order valence-corrected chi connectivity index (χ1v) is 26.2. The van der Waals surface area contributed by atoms with E-state index in [1.165, 1.54) is 83.8 Å². The van der Waals surface area contributed by atoms with Crippen molar-refractivity contribution >= 4 is 70.9 Å². The maximum atomic E-state index is 14.6. The molecule has 0 saturated carbocycles. The van der Waals surface area contributed by atoms with Gasteiger partial charge in [0.15, 0.2) is 5.65 Å². The lowest BCUT2D eigenvalue weighted by Crippen LogP contribution is -2.60. The van der Waals surface area contributed by atoms with Gasteiger partial charge in [-0.1, -0.05) is 80.6 Å². The Bertz CT molecular complexity index is 3050. The van der Waals surface area contributed by atoms with Crippen LogP contribution in [-0.2, 0) is 59.4 Å². The lowest BCUT2D eigenvalue weighted by atomic mass is 10.00. The highest BCUT2D eigenvalue weighted by Crippen LogP contribution is 2.30. The molecule has 6 amide bonds. The standard InChI is InChI=1S/C55H66N12O11S/c1-31(2)24-40(62-54(76)44(29-79)60-45(71)28-67-49-46(48(57)58-30-59-49)47(66-67)35-8-4-3-5-9-35)51(73)64-41(25-32-11-17-36(68)18-12-32)52(74)61-39(10-6-7-23-56)50(72)63-42(26-33-13-19-37(69)20-14-33)53(75)65-43(55(77)78)27-34-15-21-38(70)22-16-34/h3-5,8-9,11-22,30-31,39-44,68-70,79H,6-7,10,23-29,56H2,1-2H3,(H,60,71)(H,61,74)(H,62,76)(H,63,72)(H,64,73)(H,65,75)(H,77,78)(H2,57,58,59)/t39-,40-,41-,42-,43-,44-/m0/s1. The van der Waals surface area contributed by atoms with E-state index in [1.54, 1.807) is 0 Å². The number of aliphatic carboxylic acids is 1. The highest BCUT2D eigenvalue weighted by Gasteiger charge is 2.34. The maximum absolute atomic E-state index is 14.6. The van der Waals surface area contributed by atoms with Gasteiger partial charge in [0.05, 0.1) is 5.39 Å². The second kappa shape index (κ2) is 28.6. The van der Waals surface area contributed by atoms with Crippen LogP contribution in [0.3, 0.4) is 0 Å². The number of anilines is 1. The number of thiol groups is 1. The Morgan fingerprint density at radius 2 is 1.04 bits per heavy atom. The molecular weight excluding hydrogens is 1040 g/mol. The summed E-state index contributed by atoms with van der Waals surface area (Å²) in [4.78, 5) is 106. The summed E-state index contributed by atoms with van der Waals surface area (Å²) < 4.78 is 1.34. The molecule has 2 heterocycles. The van der Waals surface area contributed by atoms with Crippen molar-refractivity contribution in [3.05, 3.63) is 126 Å². The van der Waals surface area contributed by atoms with Gasteiger partial charge in [0.2, 0.25) is 35.4 Å². The number of carboxylic acid groups (broad SMARTS) is 1. The monoisotopic (exact) mass is 1100 g/mol. The van der Waals surface area contributed by atoms with Crippen molar-refractivity contribution in [2.75, 3.05) is 18.0 Å². The van der Waals surface area contributed by atoms with Crippen molar-refractivity contribution in [3.8, 4) is 28.5 Å². The summed E-state index contributed by atoms with van der Waals surface area (Å²) in [5.74, 6) is -6.49. The SMILES string of the molecule is CC(C)C[C@H](NC(=O)[C@H](CS)NC(=O)Cn1nc(-c2ccccc2)c2c(N)ncnc21)C(=O)N[C@@H](Cc1ccc(O)cc1)C(=O)N[C@@H](CCCCN)C(=O)N[C@@H](Cc1ccc(O)cc1)C(=O)N[C@@H](Cc1ccc(O)cc1)C(=O)O. The average molecular weight is 1100 g/mol. The topological polar surface area (TPSA) is 368 Å². The molecule has 6 rings (SSSR count). The number of amides is 6. The molecule has 0 spiro atoms. The third-order valence-electron chi connectivity index (χ3n) is 12.7. The van der Waals surface area contributed by atoms with E-state index in [2.05, 4.69) is 59.6 Å². The molecule has 2 aromatic heterocycles. The van der Waals surface area contributed by atoms with Gasteiger partial charge in [-0.25, -0.2) is 19.4 Å². The number of nitrogens with zero attached hydrogens (tertiary/aromatic N) is 4. The number of aromatic nitrogens is 4. The Balaban J connectivity index is 1.20. The Morgan fingerprint density at radius 1 is 0.582 bits per heavy atom. The molecule has 14 N–H and O–H groups in total. The molecule has 0 aliphatic heterocycles. The number of rotatable bonds is 28. The van der Waals surface area contributed by atoms with E-state index in [0.717, 1.165) is 0 Å². The van der Waals surface area contributed by atoms with Crippen LogP contribution < -0.4 is 43.4 Å². The van der Waals surface area contributed by atoms with Crippen molar-refractivity contribution in [2.45, 2.75) is 102 Å². The Labute approximate surface area is 460 Å². The second-order valence-corrected chi connectivity index (χ2v) is 19.7. The molecule has 24 heteroatoms. The number of nitrogens with one attached hydrogen (secondary N) is 6. The zero-order chi connectivity index (χ0) is 57.2. The van der Waals surface area contributed by atoms with Crippen molar-refractivity contribution < 1.29 is 54.0 Å². The van der Waals surface area contributed by atoms with Gasteiger partial charge in [-0.3, -0.25) is 28.8 Å². The van der Waals surface area contributed by atoms with E-state index in [0.29, 0.717) is 46.2 Å². The van der Waals surface area contributed by atoms with Gasteiger partial charge in [0.1, 0.15) is 77.9 Å². The average Bonchev–Trinajstić information content (AvgIpc) is 3.85. The third-order valence-corrected chi connectivity index (χ3v) is 13.0. The number of hydrogen-bond acceptors (Lipinski definition) is 16. The predicted molar refractivity (Wildman–Crippen MR) is 296 cm³/mol. The van der Waals surface area contributed by atoms with Crippen LogP contribution in [0.2, 0.25) is 0 Å². The highest BCUT2D eigenvalue weighted by atomic mass is 32.1. The largest absolute Gasteiger partial charge is 0.508 e. The molecule has 4 aromatic carbocycles. The summed E-state index contributed by atoms with van der Waals surface area (Å²) in [7, 11) is 0. The summed E-state index contributed by atoms with van der Waals surface area (Å²) in [5, 5.41) is 61.0. The van der Waals surface area contributed by atoms with E-state index >= 15 is 0 Å². The second-order valence-electron chi connectivity index (χ2n) is 19.3. The summed E-state index contributed by atoms with van der Waals surface area (Å²) in [6, 6.07) is 18.3. The summed E-state index contributed by atoms with van der Waals surface area (Å²) in [5.41, 5.74) is 14.9. The molecule has 418 valence electrons. The molecule has 0 saturated heterocycles. The lowest BCUT2D eigenvalue weighted by Gasteiger charge is -2.28. The number of phenols is 3. The molecule has 0 unspecified atom stereocenters. The lowest BCUT2D eigenvalue weighted by molar-refractivity contribution is -0.142. The number of carbonyl (C=O) groups excluding carboxylic acids is 6. The summed E-state index contributed by atoms with van der Waals surface area (Å²) >= 11 is 4.34. The predicted octanol–water partition coefficient (Wildman–Crippen LogP) is 2.02. The molecule has 6 aromatic rings. The van der Waals surface area contributed by atoms with Gasteiger partial charge in [-0.2, -0.15) is 17.7 Å². The van der Waals surface area contributed by atoms with Gasteiger partial charge in [-0.05, 0) is 91.2 Å². The molecule has 6 atom stereocenters. The number of aromatic hydroxyl groups is 3. The first-order valence-electron chi connectivity index (χ1n) is 25.5. The van der Waals surface area contributed by atoms with E-state index in [9.17, 15) is 54.0 Å². The number of hydrogen-bond donors (Lipinski definition) is 13. The minimum atomic E-state index is -1.47. The molecule has 0 bridgehead atoms. The van der Waals surface area contributed by atoms with Crippen LogP contribution in [-0.4, -0.2) is 130 Å². The number of unbranched alkanes of at least 4 members (excludes halogenated alkanes) is 1. The van der Waals surface area contributed by atoms with Crippen LogP contribution in [0.1, 0.15) is 56.2 Å². The van der Waals surface area contributed by atoms with Crippen molar-refractivity contribution in [2.24, 2.45) is 11.7 Å². The van der Waals surface area contributed by atoms with E-state index in [-0.39, 0.29) is 85.6 Å². The van der Waals surface area contributed by atoms with Crippen molar-refractivity contribution in [1.29, 1.82) is 0 Å². The minimum absolute atomic E-state index is 0.0102. The van der Waals surface area contributed by atoms with Crippen molar-refractivity contribution in [1.82, 2.24) is 51.6 Å². The molecule has 23 nitrogen and oxygen atoms in total. The smallest absolute Gasteiger partial charge is 0.326 e. The fourth-order valence-electron chi connectivity index (χ4n) is 8.56. The van der Waals surface area contributed by atoms with Gasteiger partial charge < -0.3 is 63.8 Å². The number of nitrogen functional groups attached to an aromatic ring is 1. The van der Waals surface area contributed by atoms with Gasteiger partial charge in [0, 0.05) is 30.6 Å². The molecular formula is C55H66N12O11S. The number of benzene rings is 4. The fraction of sp³-hybridized carbons (Fsp3) is 0.345. The van der Waals surface area contributed by atoms with E-state index in [1.807, 2.05) is 44.2 Å². The van der Waals surface area contributed by atoms with Gasteiger partial charge >= 0.3 is 5.97 Å². The zero-order valence-corrected chi connectivity index (χ0v) is 44.4. The maximum Gasteiger partial charge on any atom is 0.326 e. The quantitative estimate of drug-likeness (QED) is 0.0247. The van der Waals surface area contributed by atoms with Crippen LogP contribution in [0.4, 0.5) is 5.82 Å². The number of carboxylic acids is 1. The molecule has 0 aliphatic carbocycles. The number of fused-ring (bicyclic) bond motifs is 1. The van der Waals surface area contributed by atoms with Crippen LogP contribution >= 0.6 is 12.6 Å². The number of phenolic OH excluding ortho intramolecular Hbond substituents is 3. The van der Waals surface area contributed by atoms with E-state index < -0.39 is 77.7 Å². The first kappa shape index (κ1) is 59.5. The van der Waals surface area contributed by atoms with Crippen LogP contribution in [0.5, 0.6) is 17.2 Å². The number of carbonyl (C=O) groups is 7. The Kier molecular flexibility index (Phi) is 21.5. The van der Waals surface area contributed by atoms with E-state index in [4.69, 9.17) is 11.5 Å². The van der Waals surface area contributed by atoms with Crippen molar-refractivity contribution in [3.63, 3.8) is 0 Å². The normalized spacial score (nSPS) is 13.5. The van der Waals surface area contributed by atoms with Crippen LogP contribution in [0.25, 0.3) is 22.3 Å². The Morgan fingerprint density at radius 3 is 1.53 bits per heavy atom.